The highest BCUT2D eigenvalue weighted by molar-refractivity contribution is 7.15. The van der Waals surface area contributed by atoms with Crippen LogP contribution < -0.4 is 5.32 Å². The molecule has 5 nitrogen and oxygen atoms in total. The summed E-state index contributed by atoms with van der Waals surface area (Å²) in [4.78, 5) is 13.9. The molecule has 0 bridgehead atoms. The first-order valence-corrected chi connectivity index (χ1v) is 6.97. The molecule has 1 N–H and O–H groups in total. The maximum Gasteiger partial charge on any atom is 0.324 e. The van der Waals surface area contributed by atoms with E-state index in [2.05, 4.69) is 27.6 Å². The number of hydrogen-bond donors (Lipinski definition) is 1. The molecular formula is C13H14N4OS. The quantitative estimate of drug-likeness (QED) is 0.869. The third-order valence-corrected chi connectivity index (χ3v) is 3.91. The molecule has 98 valence electrons. The molecule has 19 heavy (non-hydrogen) atoms. The summed E-state index contributed by atoms with van der Waals surface area (Å²) in [6.07, 6.45) is 0.902. The van der Waals surface area contributed by atoms with E-state index < -0.39 is 0 Å². The molecule has 2 heterocycles. The van der Waals surface area contributed by atoms with Crippen molar-refractivity contribution in [2.45, 2.75) is 19.9 Å². The van der Waals surface area contributed by atoms with Gasteiger partial charge in [0.2, 0.25) is 5.13 Å². The van der Waals surface area contributed by atoms with Gasteiger partial charge in [0.05, 0.1) is 0 Å². The molecule has 1 aliphatic heterocycles. The standard InChI is InChI=1S/C13H14N4OS/c1-9-15-16-12(19-9)14-13(18)17-7-6-10-4-2-3-5-11(10)8-17/h2-5H,6-8H2,1H3,(H,14,16,18). The lowest BCUT2D eigenvalue weighted by Crippen LogP contribution is -2.38. The fourth-order valence-electron chi connectivity index (χ4n) is 2.19. The van der Waals surface area contributed by atoms with Gasteiger partial charge in [0, 0.05) is 13.1 Å². The third-order valence-electron chi connectivity index (χ3n) is 3.16. The number of fused-ring (bicyclic) bond motifs is 1. The van der Waals surface area contributed by atoms with Gasteiger partial charge in [-0.1, -0.05) is 35.6 Å². The Labute approximate surface area is 115 Å². The van der Waals surface area contributed by atoms with Crippen LogP contribution in [0.5, 0.6) is 0 Å². The van der Waals surface area contributed by atoms with Crippen molar-refractivity contribution in [2.24, 2.45) is 0 Å². The molecule has 1 aromatic carbocycles. The number of carbonyl (C=O) groups is 1. The summed E-state index contributed by atoms with van der Waals surface area (Å²) in [7, 11) is 0. The zero-order valence-electron chi connectivity index (χ0n) is 10.6. The zero-order valence-corrected chi connectivity index (χ0v) is 11.4. The highest BCUT2D eigenvalue weighted by Gasteiger charge is 2.21. The van der Waals surface area contributed by atoms with E-state index in [-0.39, 0.29) is 6.03 Å². The molecule has 0 saturated carbocycles. The molecule has 0 aliphatic carbocycles. The van der Waals surface area contributed by atoms with Crippen LogP contribution in [0.25, 0.3) is 0 Å². The summed E-state index contributed by atoms with van der Waals surface area (Å²) >= 11 is 1.38. The number of urea groups is 1. The summed E-state index contributed by atoms with van der Waals surface area (Å²) < 4.78 is 0. The number of aromatic nitrogens is 2. The molecule has 1 aliphatic rings. The molecule has 0 fully saturated rings. The van der Waals surface area contributed by atoms with Gasteiger partial charge in [-0.3, -0.25) is 5.32 Å². The third kappa shape index (κ3) is 2.58. The Morgan fingerprint density at radius 1 is 1.32 bits per heavy atom. The molecule has 0 unspecified atom stereocenters. The van der Waals surface area contributed by atoms with Crippen LogP contribution in [0.1, 0.15) is 16.1 Å². The van der Waals surface area contributed by atoms with Gasteiger partial charge in [-0.25, -0.2) is 4.79 Å². The van der Waals surface area contributed by atoms with Gasteiger partial charge >= 0.3 is 6.03 Å². The van der Waals surface area contributed by atoms with Crippen molar-refractivity contribution in [1.82, 2.24) is 15.1 Å². The number of benzene rings is 1. The highest BCUT2D eigenvalue weighted by Crippen LogP contribution is 2.20. The number of aryl methyl sites for hydroxylation is 1. The number of anilines is 1. The first kappa shape index (κ1) is 12.1. The number of carbonyl (C=O) groups excluding carboxylic acids is 1. The maximum absolute atomic E-state index is 12.1. The Morgan fingerprint density at radius 3 is 2.84 bits per heavy atom. The van der Waals surface area contributed by atoms with Crippen molar-refractivity contribution in [3.63, 3.8) is 0 Å². The molecule has 0 atom stereocenters. The van der Waals surface area contributed by atoms with E-state index in [9.17, 15) is 4.79 Å². The Bertz CT molecular complexity index is 610. The van der Waals surface area contributed by atoms with Crippen molar-refractivity contribution in [3.05, 3.63) is 40.4 Å². The second kappa shape index (κ2) is 4.97. The second-order valence-corrected chi connectivity index (χ2v) is 5.68. The van der Waals surface area contributed by atoms with Crippen LogP contribution in [0, 0.1) is 6.92 Å². The molecule has 0 radical (unpaired) electrons. The van der Waals surface area contributed by atoms with Crippen LogP contribution in [0.2, 0.25) is 0 Å². The SMILES string of the molecule is Cc1nnc(NC(=O)N2CCc3ccccc3C2)s1. The van der Waals surface area contributed by atoms with Crippen molar-refractivity contribution >= 4 is 22.5 Å². The first-order valence-electron chi connectivity index (χ1n) is 6.15. The van der Waals surface area contributed by atoms with E-state index >= 15 is 0 Å². The lowest BCUT2D eigenvalue weighted by atomic mass is 10.0. The average molecular weight is 274 g/mol. The predicted molar refractivity (Wildman–Crippen MR) is 74.2 cm³/mol. The lowest BCUT2D eigenvalue weighted by Gasteiger charge is -2.28. The van der Waals surface area contributed by atoms with E-state index in [1.807, 2.05) is 19.1 Å². The highest BCUT2D eigenvalue weighted by atomic mass is 32.1. The molecule has 2 aromatic rings. The summed E-state index contributed by atoms with van der Waals surface area (Å²) in [6, 6.07) is 8.14. The van der Waals surface area contributed by atoms with Crippen LogP contribution in [0.15, 0.2) is 24.3 Å². The summed E-state index contributed by atoms with van der Waals surface area (Å²) in [5.74, 6) is 0. The normalized spacial score (nSPS) is 14.1. The lowest BCUT2D eigenvalue weighted by molar-refractivity contribution is 0.206. The number of nitrogens with one attached hydrogen (secondary N) is 1. The Hall–Kier alpha value is -1.95. The van der Waals surface area contributed by atoms with E-state index in [1.165, 1.54) is 22.5 Å². The number of rotatable bonds is 1. The Morgan fingerprint density at radius 2 is 2.11 bits per heavy atom. The molecule has 6 heteroatoms. The molecule has 2 amide bonds. The van der Waals surface area contributed by atoms with E-state index in [0.717, 1.165) is 18.0 Å². The van der Waals surface area contributed by atoms with Gasteiger partial charge in [-0.15, -0.1) is 10.2 Å². The second-order valence-electron chi connectivity index (χ2n) is 4.50. The van der Waals surface area contributed by atoms with Crippen LogP contribution in [-0.4, -0.2) is 27.7 Å². The minimum absolute atomic E-state index is 0.106. The van der Waals surface area contributed by atoms with Crippen LogP contribution in [-0.2, 0) is 13.0 Å². The predicted octanol–water partition coefficient (Wildman–Crippen LogP) is 2.44. The molecular weight excluding hydrogens is 260 g/mol. The van der Waals surface area contributed by atoms with Gasteiger partial charge in [0.15, 0.2) is 0 Å². The molecule has 3 rings (SSSR count). The molecule has 1 aromatic heterocycles. The van der Waals surface area contributed by atoms with Crippen molar-refractivity contribution < 1.29 is 4.79 Å². The first-order chi connectivity index (χ1) is 9.22. The topological polar surface area (TPSA) is 58.1 Å². The smallest absolute Gasteiger partial charge is 0.320 e. The van der Waals surface area contributed by atoms with Crippen molar-refractivity contribution in [1.29, 1.82) is 0 Å². The van der Waals surface area contributed by atoms with Crippen LogP contribution in [0.3, 0.4) is 0 Å². The fraction of sp³-hybridized carbons (Fsp3) is 0.308. The number of amides is 2. The van der Waals surface area contributed by atoms with E-state index in [1.54, 1.807) is 4.90 Å². The number of hydrogen-bond acceptors (Lipinski definition) is 4. The summed E-state index contributed by atoms with van der Waals surface area (Å²) in [5, 5.41) is 12.0. The van der Waals surface area contributed by atoms with Crippen LogP contribution >= 0.6 is 11.3 Å². The van der Waals surface area contributed by atoms with Crippen molar-refractivity contribution in [3.8, 4) is 0 Å². The van der Waals surface area contributed by atoms with Gasteiger partial charge in [0.25, 0.3) is 0 Å². The summed E-state index contributed by atoms with van der Waals surface area (Å²) in [6.45, 7) is 3.25. The van der Waals surface area contributed by atoms with Gasteiger partial charge in [-0.05, 0) is 24.5 Å². The monoisotopic (exact) mass is 274 g/mol. The number of nitrogens with zero attached hydrogens (tertiary/aromatic N) is 3. The van der Waals surface area contributed by atoms with Crippen LogP contribution in [0.4, 0.5) is 9.93 Å². The zero-order chi connectivity index (χ0) is 13.2. The Balaban J connectivity index is 1.69. The molecule has 0 saturated heterocycles. The summed E-state index contributed by atoms with van der Waals surface area (Å²) in [5.41, 5.74) is 2.55. The van der Waals surface area contributed by atoms with Gasteiger partial charge in [-0.2, -0.15) is 0 Å². The van der Waals surface area contributed by atoms with E-state index in [0.29, 0.717) is 11.7 Å². The van der Waals surface area contributed by atoms with Gasteiger partial charge in [0.1, 0.15) is 5.01 Å². The minimum atomic E-state index is -0.106. The van der Waals surface area contributed by atoms with Crippen molar-refractivity contribution in [2.75, 3.05) is 11.9 Å². The van der Waals surface area contributed by atoms with E-state index in [4.69, 9.17) is 0 Å². The minimum Gasteiger partial charge on any atom is -0.320 e. The Kier molecular flexibility index (Phi) is 3.16. The average Bonchev–Trinajstić information content (AvgIpc) is 2.83. The fourth-order valence-corrected chi connectivity index (χ4v) is 2.77. The van der Waals surface area contributed by atoms with Gasteiger partial charge < -0.3 is 4.90 Å². The largest absolute Gasteiger partial charge is 0.324 e. The molecule has 0 spiro atoms. The maximum atomic E-state index is 12.1.